The number of methoxy groups -OCH3 is 1. The molecule has 1 heterocycles. The van der Waals surface area contributed by atoms with Gasteiger partial charge in [0.1, 0.15) is 10.6 Å². The normalized spacial score (nSPS) is 14.6. The summed E-state index contributed by atoms with van der Waals surface area (Å²) < 4.78 is 36.0. The molecule has 0 radical (unpaired) electrons. The summed E-state index contributed by atoms with van der Waals surface area (Å²) >= 11 is 0. The SMILES string of the molecule is CCCCCC(=O)Nc1ccc(N2CCN(c3ccccc3OC)CC2)c(S(=O)(=O)NC(C)c2ccccc2)c1. The van der Waals surface area contributed by atoms with Crippen LogP contribution in [0.1, 0.15) is 51.1 Å². The molecule has 4 rings (SSSR count). The van der Waals surface area contributed by atoms with Crippen molar-refractivity contribution >= 4 is 33.0 Å². The minimum atomic E-state index is -3.92. The van der Waals surface area contributed by atoms with E-state index < -0.39 is 16.1 Å². The number of nitrogens with zero attached hydrogens (tertiary/aromatic N) is 2. The molecule has 3 aromatic carbocycles. The van der Waals surface area contributed by atoms with E-state index in [-0.39, 0.29) is 10.8 Å². The highest BCUT2D eigenvalue weighted by Crippen LogP contribution is 2.33. The maximum Gasteiger partial charge on any atom is 0.243 e. The summed E-state index contributed by atoms with van der Waals surface area (Å²) in [6.45, 7) is 6.62. The summed E-state index contributed by atoms with van der Waals surface area (Å²) in [6.07, 6.45) is 3.22. The zero-order valence-electron chi connectivity index (χ0n) is 23.6. The number of benzene rings is 3. The van der Waals surface area contributed by atoms with E-state index >= 15 is 0 Å². The second kappa shape index (κ2) is 13.7. The Morgan fingerprint density at radius 3 is 2.23 bits per heavy atom. The van der Waals surface area contributed by atoms with Crippen LogP contribution in [0.5, 0.6) is 5.75 Å². The maximum absolute atomic E-state index is 13.8. The highest BCUT2D eigenvalue weighted by Gasteiger charge is 2.28. The number of unbranched alkanes of at least 4 members (excludes halogenated alkanes) is 2. The number of anilines is 3. The second-order valence-corrected chi connectivity index (χ2v) is 11.8. The first kappa shape index (κ1) is 29.4. The predicted octanol–water partition coefficient (Wildman–Crippen LogP) is 5.58. The van der Waals surface area contributed by atoms with Crippen LogP contribution in [-0.4, -0.2) is 47.6 Å². The average Bonchev–Trinajstić information content (AvgIpc) is 2.97. The fraction of sp³-hybridized carbons (Fsp3) is 0.387. The topological polar surface area (TPSA) is 91.0 Å². The van der Waals surface area contributed by atoms with Gasteiger partial charge in [-0.05, 0) is 49.2 Å². The third-order valence-electron chi connectivity index (χ3n) is 7.22. The Labute approximate surface area is 238 Å². The first-order valence-electron chi connectivity index (χ1n) is 14.0. The van der Waals surface area contributed by atoms with E-state index in [0.29, 0.717) is 44.0 Å². The van der Waals surface area contributed by atoms with Gasteiger partial charge in [-0.15, -0.1) is 0 Å². The summed E-state index contributed by atoms with van der Waals surface area (Å²) in [5.41, 5.74) is 3.00. The number of sulfonamides is 1. The molecular weight excluding hydrogens is 524 g/mol. The van der Waals surface area contributed by atoms with E-state index in [4.69, 9.17) is 4.74 Å². The highest BCUT2D eigenvalue weighted by molar-refractivity contribution is 7.89. The van der Waals surface area contributed by atoms with Crippen LogP contribution in [-0.2, 0) is 14.8 Å². The first-order chi connectivity index (χ1) is 19.3. The third-order valence-corrected chi connectivity index (χ3v) is 8.79. The number of piperazine rings is 1. The minimum absolute atomic E-state index is 0.111. The van der Waals surface area contributed by atoms with Crippen LogP contribution >= 0.6 is 0 Å². The Morgan fingerprint density at radius 1 is 0.900 bits per heavy atom. The zero-order chi connectivity index (χ0) is 28.5. The Balaban J connectivity index is 1.58. The molecule has 1 aliphatic heterocycles. The quantitative estimate of drug-likeness (QED) is 0.279. The lowest BCUT2D eigenvalue weighted by Gasteiger charge is -2.38. The second-order valence-electron chi connectivity index (χ2n) is 10.1. The lowest BCUT2D eigenvalue weighted by molar-refractivity contribution is -0.116. The molecule has 0 aliphatic carbocycles. The van der Waals surface area contributed by atoms with Crippen LogP contribution in [0.25, 0.3) is 0 Å². The molecule has 0 bridgehead atoms. The number of para-hydroxylation sites is 2. The van der Waals surface area contributed by atoms with E-state index in [1.165, 1.54) is 0 Å². The summed E-state index contributed by atoms with van der Waals surface area (Å²) in [7, 11) is -2.25. The number of carbonyl (C=O) groups excluding carboxylic acids is 1. The molecule has 0 saturated carbocycles. The molecule has 1 amide bonds. The molecule has 1 aliphatic rings. The van der Waals surface area contributed by atoms with Gasteiger partial charge < -0.3 is 19.9 Å². The van der Waals surface area contributed by atoms with Gasteiger partial charge in [0.25, 0.3) is 0 Å². The van der Waals surface area contributed by atoms with E-state index in [2.05, 4.69) is 26.8 Å². The van der Waals surface area contributed by atoms with Gasteiger partial charge in [-0.3, -0.25) is 4.79 Å². The molecule has 1 saturated heterocycles. The van der Waals surface area contributed by atoms with E-state index in [0.717, 1.165) is 36.3 Å². The van der Waals surface area contributed by atoms with Crippen molar-refractivity contribution in [3.05, 3.63) is 78.4 Å². The molecule has 1 unspecified atom stereocenters. The van der Waals surface area contributed by atoms with Gasteiger partial charge in [0.2, 0.25) is 15.9 Å². The molecule has 1 atom stereocenters. The number of hydrogen-bond donors (Lipinski definition) is 2. The Morgan fingerprint density at radius 2 is 1.55 bits per heavy atom. The Hall–Kier alpha value is -3.56. The first-order valence-corrected chi connectivity index (χ1v) is 15.4. The van der Waals surface area contributed by atoms with E-state index in [9.17, 15) is 13.2 Å². The van der Waals surface area contributed by atoms with Gasteiger partial charge in [0.05, 0.1) is 18.5 Å². The fourth-order valence-corrected chi connectivity index (χ4v) is 6.50. The Kier molecular flexibility index (Phi) is 10.1. The number of amides is 1. The van der Waals surface area contributed by atoms with Crippen molar-refractivity contribution in [2.45, 2.75) is 50.5 Å². The highest BCUT2D eigenvalue weighted by atomic mass is 32.2. The number of rotatable bonds is 12. The molecule has 2 N–H and O–H groups in total. The number of hydrogen-bond acceptors (Lipinski definition) is 6. The monoisotopic (exact) mass is 564 g/mol. The van der Waals surface area contributed by atoms with Gasteiger partial charge in [0, 0.05) is 44.3 Å². The molecule has 0 spiro atoms. The zero-order valence-corrected chi connectivity index (χ0v) is 24.4. The minimum Gasteiger partial charge on any atom is -0.495 e. The lowest BCUT2D eigenvalue weighted by atomic mass is 10.1. The molecule has 3 aromatic rings. The number of nitrogens with one attached hydrogen (secondary N) is 2. The van der Waals surface area contributed by atoms with Crippen LogP contribution in [0.4, 0.5) is 17.1 Å². The van der Waals surface area contributed by atoms with Crippen molar-refractivity contribution in [1.82, 2.24) is 4.72 Å². The summed E-state index contributed by atoms with van der Waals surface area (Å²) in [5.74, 6) is 0.706. The molecule has 9 heteroatoms. The molecule has 214 valence electrons. The molecule has 1 fully saturated rings. The van der Waals surface area contributed by atoms with Crippen molar-refractivity contribution in [1.29, 1.82) is 0 Å². The van der Waals surface area contributed by atoms with Gasteiger partial charge in [-0.2, -0.15) is 0 Å². The van der Waals surface area contributed by atoms with Crippen LogP contribution in [0.15, 0.2) is 77.7 Å². The van der Waals surface area contributed by atoms with Gasteiger partial charge in [-0.25, -0.2) is 13.1 Å². The lowest BCUT2D eigenvalue weighted by Crippen LogP contribution is -2.47. The van der Waals surface area contributed by atoms with E-state index in [1.54, 1.807) is 19.2 Å². The van der Waals surface area contributed by atoms with Crippen molar-refractivity contribution in [3.63, 3.8) is 0 Å². The van der Waals surface area contributed by atoms with Gasteiger partial charge in [0.15, 0.2) is 0 Å². The van der Waals surface area contributed by atoms with Gasteiger partial charge in [-0.1, -0.05) is 62.2 Å². The molecule has 0 aromatic heterocycles. The molecule has 40 heavy (non-hydrogen) atoms. The summed E-state index contributed by atoms with van der Waals surface area (Å²) in [6, 6.07) is 22.2. The average molecular weight is 565 g/mol. The Bertz CT molecular complexity index is 1370. The maximum atomic E-state index is 13.8. The van der Waals surface area contributed by atoms with Crippen molar-refractivity contribution < 1.29 is 17.9 Å². The van der Waals surface area contributed by atoms with Crippen LogP contribution in [0, 0.1) is 0 Å². The van der Waals surface area contributed by atoms with E-state index in [1.807, 2.05) is 67.6 Å². The number of ether oxygens (including phenoxy) is 1. The van der Waals surface area contributed by atoms with Crippen LogP contribution in [0.3, 0.4) is 0 Å². The largest absolute Gasteiger partial charge is 0.495 e. The van der Waals surface area contributed by atoms with Crippen molar-refractivity contribution in [2.24, 2.45) is 0 Å². The summed E-state index contributed by atoms with van der Waals surface area (Å²) in [5, 5.41) is 2.90. The fourth-order valence-electron chi connectivity index (χ4n) is 5.01. The molecule has 8 nitrogen and oxygen atoms in total. The smallest absolute Gasteiger partial charge is 0.243 e. The van der Waals surface area contributed by atoms with Crippen molar-refractivity contribution in [2.75, 3.05) is 48.4 Å². The van der Waals surface area contributed by atoms with Gasteiger partial charge >= 0.3 is 0 Å². The standard InChI is InChI=1S/C31H40N4O4S/c1-4-5-7-16-31(36)32-26-17-18-28(30(23-26)40(37,38)33-24(2)25-12-8-6-9-13-25)35-21-19-34(20-22-35)27-14-10-11-15-29(27)39-3/h6,8-15,17-18,23-24,33H,4-5,7,16,19-22H2,1-3H3,(H,32,36). The summed E-state index contributed by atoms with van der Waals surface area (Å²) in [4.78, 5) is 17.0. The third kappa shape index (κ3) is 7.34. The van der Waals surface area contributed by atoms with Crippen LogP contribution < -0.4 is 24.6 Å². The van der Waals surface area contributed by atoms with Crippen molar-refractivity contribution in [3.8, 4) is 5.75 Å². The molecular formula is C31H40N4O4S. The number of carbonyl (C=O) groups is 1. The predicted molar refractivity (Wildman–Crippen MR) is 162 cm³/mol. The van der Waals surface area contributed by atoms with Crippen LogP contribution in [0.2, 0.25) is 0 Å².